The topological polar surface area (TPSA) is 156 Å². The summed E-state index contributed by atoms with van der Waals surface area (Å²) < 4.78 is 4.86. The number of nitrogens with two attached hydrogens (primary N) is 1. The molecular weight excluding hydrogens is 609 g/mol. The van der Waals surface area contributed by atoms with Crippen LogP contribution in [0.1, 0.15) is 78.6 Å². The van der Waals surface area contributed by atoms with Crippen molar-refractivity contribution in [1.29, 1.82) is 5.26 Å². The first-order valence-corrected chi connectivity index (χ1v) is 15.7. The number of nitriles is 1. The second kappa shape index (κ2) is 16.2. The molecule has 0 bridgehead atoms. The predicted molar refractivity (Wildman–Crippen MR) is 179 cm³/mol. The van der Waals surface area contributed by atoms with E-state index in [4.69, 9.17) is 15.7 Å². The van der Waals surface area contributed by atoms with Gasteiger partial charge < -0.3 is 15.5 Å². The van der Waals surface area contributed by atoms with E-state index in [2.05, 4.69) is 16.0 Å². The van der Waals surface area contributed by atoms with Gasteiger partial charge in [-0.25, -0.2) is 9.78 Å². The number of ether oxygens (including phenoxy) is 1. The molecule has 0 aliphatic rings. The van der Waals surface area contributed by atoms with Gasteiger partial charge in [-0.2, -0.15) is 5.26 Å². The lowest BCUT2D eigenvalue weighted by Crippen LogP contribution is -2.12. The first kappa shape index (κ1) is 34.6. The zero-order chi connectivity index (χ0) is 33.1. The van der Waals surface area contributed by atoms with Crippen molar-refractivity contribution < 1.29 is 19.1 Å². The number of fused-ring (bicyclic) bond motifs is 1. The Hall–Kier alpha value is -4.92. The summed E-state index contributed by atoms with van der Waals surface area (Å²) in [5.74, 6) is 0.0468. The molecule has 232 valence electrons. The Bertz CT molecular complexity index is 1900. The van der Waals surface area contributed by atoms with Gasteiger partial charge in [-0.05, 0) is 56.9 Å². The maximum atomic E-state index is 12.2. The molecule has 3 aromatic heterocycles. The normalized spacial score (nSPS) is 10.1. The number of hydrogen-bond acceptors (Lipinski definition) is 10. The third-order valence-electron chi connectivity index (χ3n) is 6.48. The Kier molecular flexibility index (Phi) is 12.5. The second-order valence-corrected chi connectivity index (χ2v) is 11.9. The highest BCUT2D eigenvalue weighted by Crippen LogP contribution is 2.31. The molecule has 0 atom stereocenters. The summed E-state index contributed by atoms with van der Waals surface area (Å²) in [5, 5.41) is 9.14. The quantitative estimate of drug-likeness (QED) is 0.144. The van der Waals surface area contributed by atoms with E-state index >= 15 is 0 Å². The first-order valence-electron chi connectivity index (χ1n) is 14.0. The van der Waals surface area contributed by atoms with Crippen LogP contribution in [0.25, 0.3) is 10.2 Å². The zero-order valence-electron chi connectivity index (χ0n) is 25.7. The number of ketones is 2. The molecular formula is C34H34N4O5S2. The lowest BCUT2D eigenvalue weighted by atomic mass is 10.1. The molecule has 0 saturated carbocycles. The minimum Gasteiger partial charge on any atom is -0.462 e. The molecule has 0 aliphatic carbocycles. The highest BCUT2D eigenvalue weighted by Gasteiger charge is 2.22. The van der Waals surface area contributed by atoms with Crippen LogP contribution >= 0.6 is 22.7 Å². The molecule has 5 aromatic rings. The van der Waals surface area contributed by atoms with E-state index in [-0.39, 0.29) is 17.1 Å². The van der Waals surface area contributed by atoms with Gasteiger partial charge in [0.1, 0.15) is 15.7 Å². The van der Waals surface area contributed by atoms with Crippen LogP contribution in [0, 0.1) is 25.2 Å². The number of thiophene rings is 2. The van der Waals surface area contributed by atoms with Crippen LogP contribution in [-0.4, -0.2) is 34.1 Å². The molecule has 0 saturated heterocycles. The van der Waals surface area contributed by atoms with Gasteiger partial charge in [0.15, 0.2) is 11.6 Å². The van der Waals surface area contributed by atoms with Crippen LogP contribution in [-0.2, 0) is 17.6 Å². The standard InChI is InChI=1S/C16H14N2O2S.C10H13NO3S.C8H7N/c1-9-13-15(20)17-12(8-11-6-4-3-5-7-11)18-16(13)21-14(9)10(2)19;1-4-14-10(13)7-5(2)8(6(3)12)15-9(7)11;9-7-6-8-4-2-1-3-5-8/h3-7H,8H2,1-2H3,(H,17,18,20);4,11H2,1-3H3;1-5H,6H2. The maximum Gasteiger partial charge on any atom is 0.341 e. The molecule has 3 N–H and O–H groups in total. The fraction of sp³-hybridized carbons (Fsp3) is 0.235. The summed E-state index contributed by atoms with van der Waals surface area (Å²) in [6.07, 6.45) is 1.08. The summed E-state index contributed by atoms with van der Waals surface area (Å²) in [6.45, 7) is 8.48. The fourth-order valence-electron chi connectivity index (χ4n) is 4.41. The van der Waals surface area contributed by atoms with Crippen LogP contribution in [0.15, 0.2) is 65.5 Å². The molecule has 45 heavy (non-hydrogen) atoms. The number of Topliss-reactive ketones (excluding diaryl/α,β-unsaturated/α-hetero) is 2. The zero-order valence-corrected chi connectivity index (χ0v) is 27.4. The van der Waals surface area contributed by atoms with Gasteiger partial charge in [0.2, 0.25) is 0 Å². The Labute approximate surface area is 269 Å². The average Bonchev–Trinajstić information content (AvgIpc) is 3.50. The maximum absolute atomic E-state index is 12.2. The molecule has 0 unspecified atom stereocenters. The molecule has 0 fully saturated rings. The molecule has 0 aliphatic heterocycles. The van der Waals surface area contributed by atoms with Gasteiger partial charge in [-0.1, -0.05) is 60.7 Å². The van der Waals surface area contributed by atoms with Gasteiger partial charge in [0.25, 0.3) is 5.56 Å². The van der Waals surface area contributed by atoms with Crippen LogP contribution < -0.4 is 11.3 Å². The Morgan fingerprint density at radius 2 is 1.47 bits per heavy atom. The molecule has 9 nitrogen and oxygen atoms in total. The van der Waals surface area contributed by atoms with Gasteiger partial charge in [0, 0.05) is 6.42 Å². The van der Waals surface area contributed by atoms with E-state index in [0.717, 1.165) is 28.0 Å². The van der Waals surface area contributed by atoms with Crippen LogP contribution in [0.5, 0.6) is 0 Å². The number of nitrogens with zero attached hydrogens (tertiary/aromatic N) is 2. The molecule has 11 heteroatoms. The van der Waals surface area contributed by atoms with Crippen molar-refractivity contribution in [3.63, 3.8) is 0 Å². The second-order valence-electron chi connectivity index (χ2n) is 9.86. The number of nitrogen functional groups attached to an aromatic ring is 1. The Morgan fingerprint density at radius 1 is 0.911 bits per heavy atom. The van der Waals surface area contributed by atoms with Gasteiger partial charge >= 0.3 is 5.97 Å². The van der Waals surface area contributed by atoms with Crippen molar-refractivity contribution in [2.75, 3.05) is 12.3 Å². The summed E-state index contributed by atoms with van der Waals surface area (Å²) in [6, 6.07) is 21.6. The van der Waals surface area contributed by atoms with E-state index in [1.54, 1.807) is 20.8 Å². The highest BCUT2D eigenvalue weighted by atomic mass is 32.1. The van der Waals surface area contributed by atoms with Crippen molar-refractivity contribution in [3.05, 3.63) is 114 Å². The minimum atomic E-state index is -0.462. The number of aromatic nitrogens is 2. The lowest BCUT2D eigenvalue weighted by Gasteiger charge is -2.01. The number of nitrogens with one attached hydrogen (secondary N) is 1. The molecule has 0 radical (unpaired) electrons. The summed E-state index contributed by atoms with van der Waals surface area (Å²) in [7, 11) is 0. The number of H-pyrrole nitrogens is 1. The summed E-state index contributed by atoms with van der Waals surface area (Å²) in [5.41, 5.74) is 9.33. The summed E-state index contributed by atoms with van der Waals surface area (Å²) >= 11 is 2.42. The fourth-order valence-corrected chi connectivity index (χ4v) is 6.47. The van der Waals surface area contributed by atoms with Crippen molar-refractivity contribution in [2.24, 2.45) is 0 Å². The molecule has 2 aromatic carbocycles. The van der Waals surface area contributed by atoms with Crippen molar-refractivity contribution >= 4 is 55.4 Å². The lowest BCUT2D eigenvalue weighted by molar-refractivity contribution is 0.0527. The van der Waals surface area contributed by atoms with Crippen LogP contribution in [0.3, 0.4) is 0 Å². The number of aromatic amines is 1. The number of carbonyl (C=O) groups excluding carboxylic acids is 3. The molecule has 3 heterocycles. The van der Waals surface area contributed by atoms with Crippen molar-refractivity contribution in [2.45, 2.75) is 47.5 Å². The molecule has 0 spiro atoms. The van der Waals surface area contributed by atoms with Gasteiger partial charge in [0.05, 0.1) is 39.8 Å². The van der Waals surface area contributed by atoms with Crippen molar-refractivity contribution in [1.82, 2.24) is 9.97 Å². The predicted octanol–water partition coefficient (Wildman–Crippen LogP) is 6.86. The van der Waals surface area contributed by atoms with Gasteiger partial charge in [-0.3, -0.25) is 14.4 Å². The van der Waals surface area contributed by atoms with Crippen molar-refractivity contribution in [3.8, 4) is 6.07 Å². The Morgan fingerprint density at radius 3 is 1.98 bits per heavy atom. The van der Waals surface area contributed by atoms with Crippen LogP contribution in [0.2, 0.25) is 0 Å². The van der Waals surface area contributed by atoms with Crippen LogP contribution in [0.4, 0.5) is 5.00 Å². The number of benzene rings is 2. The van der Waals surface area contributed by atoms with E-state index in [0.29, 0.717) is 61.4 Å². The monoisotopic (exact) mass is 642 g/mol. The van der Waals surface area contributed by atoms with E-state index < -0.39 is 5.97 Å². The largest absolute Gasteiger partial charge is 0.462 e. The van der Waals surface area contributed by atoms with Gasteiger partial charge in [-0.15, -0.1) is 22.7 Å². The van der Waals surface area contributed by atoms with E-state index in [1.165, 1.54) is 25.2 Å². The number of carbonyl (C=O) groups is 3. The number of anilines is 1. The SMILES string of the molecule is CC(=O)c1sc2nc(Cc3ccccc3)[nH]c(=O)c2c1C.CCOC(=O)c1c(N)sc(C(C)=O)c1C.N#CCc1ccccc1. The number of hydrogen-bond donors (Lipinski definition) is 2. The first-order chi connectivity index (χ1) is 21.5. The average molecular weight is 643 g/mol. The third-order valence-corrected chi connectivity index (χ3v) is 8.99. The third kappa shape index (κ3) is 9.04. The number of esters is 1. The smallest absolute Gasteiger partial charge is 0.341 e. The number of aryl methyl sites for hydroxylation is 1. The van der Waals surface area contributed by atoms with E-state index in [1.807, 2.05) is 60.7 Å². The number of rotatable bonds is 7. The Balaban J connectivity index is 0.000000201. The molecule has 0 amide bonds. The van der Waals surface area contributed by atoms with E-state index in [9.17, 15) is 19.2 Å². The highest BCUT2D eigenvalue weighted by molar-refractivity contribution is 7.20. The molecule has 5 rings (SSSR count). The summed E-state index contributed by atoms with van der Waals surface area (Å²) in [4.78, 5) is 55.7. The minimum absolute atomic E-state index is 0.0282.